The lowest BCUT2D eigenvalue weighted by Gasteiger charge is -1.99. The van der Waals surface area contributed by atoms with Crippen molar-refractivity contribution in [1.29, 1.82) is 0 Å². The van der Waals surface area contributed by atoms with E-state index in [-0.39, 0.29) is 0 Å². The molecular formula is C32H24S4. The van der Waals surface area contributed by atoms with Crippen LogP contribution in [-0.2, 0) is 0 Å². The first-order valence-corrected chi connectivity index (χ1v) is 15.1. The molecule has 0 spiro atoms. The molecule has 0 radical (unpaired) electrons. The van der Waals surface area contributed by atoms with Crippen molar-refractivity contribution in [2.75, 3.05) is 0 Å². The van der Waals surface area contributed by atoms with Gasteiger partial charge in [-0.2, -0.15) is 0 Å². The van der Waals surface area contributed by atoms with Crippen molar-refractivity contribution in [3.8, 4) is 0 Å². The van der Waals surface area contributed by atoms with Gasteiger partial charge in [0, 0.05) is 19.6 Å². The summed E-state index contributed by atoms with van der Waals surface area (Å²) in [6.45, 7) is 4.24. The van der Waals surface area contributed by atoms with E-state index >= 15 is 0 Å². The van der Waals surface area contributed by atoms with E-state index in [0.29, 0.717) is 0 Å². The summed E-state index contributed by atoms with van der Waals surface area (Å²) in [5, 5.41) is 0. The maximum Gasteiger partial charge on any atom is 0.0706 e. The Kier molecular flexibility index (Phi) is 6.94. The van der Waals surface area contributed by atoms with Crippen LogP contribution in [0, 0.1) is 13.8 Å². The monoisotopic (exact) mass is 536 g/mol. The average Bonchev–Trinajstić information content (AvgIpc) is 3.51. The van der Waals surface area contributed by atoms with Crippen LogP contribution in [0.5, 0.6) is 0 Å². The van der Waals surface area contributed by atoms with Gasteiger partial charge in [0.2, 0.25) is 0 Å². The summed E-state index contributed by atoms with van der Waals surface area (Å²) in [5.41, 5.74) is 7.53. The molecule has 2 heterocycles. The van der Waals surface area contributed by atoms with Crippen LogP contribution >= 0.6 is 47.0 Å². The van der Waals surface area contributed by atoms with Crippen molar-refractivity contribution < 1.29 is 0 Å². The van der Waals surface area contributed by atoms with Crippen LogP contribution < -0.4 is 0 Å². The number of thioether (sulfide) groups is 4. The van der Waals surface area contributed by atoms with Crippen LogP contribution in [0.3, 0.4) is 0 Å². The van der Waals surface area contributed by atoms with E-state index in [1.54, 1.807) is 0 Å². The minimum absolute atomic E-state index is 1.23. The van der Waals surface area contributed by atoms with Crippen LogP contribution in [0.4, 0.5) is 0 Å². The number of hydrogen-bond donors (Lipinski definition) is 0. The van der Waals surface area contributed by atoms with Crippen LogP contribution in [0.2, 0.25) is 0 Å². The normalized spacial score (nSPS) is 16.7. The van der Waals surface area contributed by atoms with Crippen LogP contribution in [0.15, 0.2) is 113 Å². The Balaban J connectivity index is 1.16. The second-order valence-corrected chi connectivity index (χ2v) is 13.6. The van der Waals surface area contributed by atoms with Gasteiger partial charge in [0.05, 0.1) is 8.47 Å². The van der Waals surface area contributed by atoms with Crippen LogP contribution in [0.25, 0.3) is 24.3 Å². The fourth-order valence-electron chi connectivity index (χ4n) is 3.93. The summed E-state index contributed by atoms with van der Waals surface area (Å²) in [5.74, 6) is 0. The van der Waals surface area contributed by atoms with Crippen LogP contribution in [-0.4, -0.2) is 0 Å². The van der Waals surface area contributed by atoms with Gasteiger partial charge in [-0.15, -0.1) is 0 Å². The summed E-state index contributed by atoms with van der Waals surface area (Å²) in [6, 6.07) is 30.9. The molecule has 0 saturated carbocycles. The van der Waals surface area contributed by atoms with Crippen molar-refractivity contribution >= 4 is 71.4 Å². The summed E-state index contributed by atoms with van der Waals surface area (Å²) in [4.78, 5) is 5.42. The van der Waals surface area contributed by atoms with Crippen molar-refractivity contribution in [3.63, 3.8) is 0 Å². The zero-order valence-electron chi connectivity index (χ0n) is 20.0. The van der Waals surface area contributed by atoms with E-state index in [1.165, 1.54) is 61.4 Å². The minimum atomic E-state index is 1.23. The van der Waals surface area contributed by atoms with Crippen molar-refractivity contribution in [1.82, 2.24) is 0 Å². The Morgan fingerprint density at radius 2 is 0.722 bits per heavy atom. The number of benzene rings is 4. The Morgan fingerprint density at radius 1 is 0.389 bits per heavy atom. The van der Waals surface area contributed by atoms with E-state index in [9.17, 15) is 0 Å². The second kappa shape index (κ2) is 10.5. The molecule has 4 heteroatoms. The average molecular weight is 537 g/mol. The van der Waals surface area contributed by atoms with Crippen molar-refractivity contribution in [2.24, 2.45) is 0 Å². The Morgan fingerprint density at radius 3 is 1.14 bits per heavy atom. The van der Waals surface area contributed by atoms with Gasteiger partial charge >= 0.3 is 0 Å². The predicted molar refractivity (Wildman–Crippen MR) is 164 cm³/mol. The third kappa shape index (κ3) is 5.42. The van der Waals surface area contributed by atoms with E-state index in [1.807, 2.05) is 47.0 Å². The zero-order chi connectivity index (χ0) is 24.5. The molecule has 0 unspecified atom stereocenters. The molecule has 4 aromatic carbocycles. The summed E-state index contributed by atoms with van der Waals surface area (Å²) in [7, 11) is 0. The number of fused-ring (bicyclic) bond motifs is 2. The molecule has 6 rings (SSSR count). The van der Waals surface area contributed by atoms with E-state index < -0.39 is 0 Å². The Bertz CT molecular complexity index is 1410. The van der Waals surface area contributed by atoms with Crippen molar-refractivity contribution in [3.05, 3.63) is 127 Å². The smallest absolute Gasteiger partial charge is 0.0706 e. The van der Waals surface area contributed by atoms with E-state index in [2.05, 4.69) is 123 Å². The SMILES string of the molecule is Cc1ccc(/C=C/c2ccc3c(c2)S/C(=C2\Sc4ccc(/C=C/c5ccc(C)cc5)cc4S2)S3)cc1. The first-order valence-electron chi connectivity index (χ1n) is 11.8. The number of aryl methyl sites for hydroxylation is 2. The Labute approximate surface area is 230 Å². The molecule has 0 fully saturated rings. The fraction of sp³-hybridized carbons (Fsp3) is 0.0625. The van der Waals surface area contributed by atoms with E-state index in [0.717, 1.165) is 0 Å². The van der Waals surface area contributed by atoms with Gasteiger partial charge in [0.25, 0.3) is 0 Å². The topological polar surface area (TPSA) is 0 Å². The van der Waals surface area contributed by atoms with Gasteiger partial charge in [-0.25, -0.2) is 0 Å². The second-order valence-electron chi connectivity index (χ2n) is 8.88. The zero-order valence-corrected chi connectivity index (χ0v) is 23.3. The highest BCUT2D eigenvalue weighted by Crippen LogP contribution is 2.61. The van der Waals surface area contributed by atoms with Gasteiger partial charge in [-0.1, -0.05) is 143 Å². The molecule has 0 saturated heterocycles. The maximum atomic E-state index is 2.32. The standard InChI is InChI=1S/C32H24S4/c1-21-3-7-23(8-4-21)11-13-25-15-17-27-29(19-25)35-31(33-27)32-34-28-18-16-26(20-30(28)36-32)14-12-24-9-5-22(2)6-10-24/h3-20H,1-2H3/b13-11+,14-12+,32-31+. The largest absolute Gasteiger partial charge is 0.0798 e. The lowest BCUT2D eigenvalue weighted by molar-refractivity contribution is 1.26. The summed E-state index contributed by atoms with van der Waals surface area (Å²) >= 11 is 7.62. The highest BCUT2D eigenvalue weighted by atomic mass is 32.2. The molecule has 0 aromatic heterocycles. The Hall–Kier alpha value is -2.50. The summed E-state index contributed by atoms with van der Waals surface area (Å²) < 4.78 is 2.79. The van der Waals surface area contributed by atoms with Crippen LogP contribution in [0.1, 0.15) is 33.4 Å². The minimum Gasteiger partial charge on any atom is -0.0798 e. The van der Waals surface area contributed by atoms with Gasteiger partial charge in [0.15, 0.2) is 0 Å². The quantitative estimate of drug-likeness (QED) is 0.238. The molecule has 2 aliphatic rings. The third-order valence-corrected chi connectivity index (χ3v) is 11.6. The van der Waals surface area contributed by atoms with Gasteiger partial charge < -0.3 is 0 Å². The first kappa shape index (κ1) is 23.9. The highest BCUT2D eigenvalue weighted by Gasteiger charge is 2.27. The third-order valence-electron chi connectivity index (χ3n) is 6.00. The van der Waals surface area contributed by atoms with Gasteiger partial charge in [-0.05, 0) is 60.4 Å². The van der Waals surface area contributed by atoms with E-state index in [4.69, 9.17) is 0 Å². The lowest BCUT2D eigenvalue weighted by Crippen LogP contribution is -1.76. The highest BCUT2D eigenvalue weighted by molar-refractivity contribution is 8.30. The molecule has 0 bridgehead atoms. The van der Waals surface area contributed by atoms with Gasteiger partial charge in [0.1, 0.15) is 0 Å². The molecule has 4 aromatic rings. The predicted octanol–water partition coefficient (Wildman–Crippen LogP) is 10.9. The molecule has 0 nitrogen and oxygen atoms in total. The fourth-order valence-corrected chi connectivity index (χ4v) is 9.29. The molecule has 0 N–H and O–H groups in total. The first-order chi connectivity index (χ1) is 17.6. The molecular weight excluding hydrogens is 513 g/mol. The molecule has 36 heavy (non-hydrogen) atoms. The molecule has 176 valence electrons. The van der Waals surface area contributed by atoms with Gasteiger partial charge in [-0.3, -0.25) is 0 Å². The number of hydrogen-bond acceptors (Lipinski definition) is 4. The summed E-state index contributed by atoms with van der Waals surface area (Å²) in [6.07, 6.45) is 8.80. The molecule has 0 atom stereocenters. The lowest BCUT2D eigenvalue weighted by atomic mass is 10.1. The maximum absolute atomic E-state index is 2.32. The van der Waals surface area contributed by atoms with Crippen molar-refractivity contribution in [2.45, 2.75) is 33.4 Å². The molecule has 0 amide bonds. The molecule has 0 aliphatic carbocycles. The molecule has 2 aliphatic heterocycles. The number of rotatable bonds is 4.